The average molecular weight is 524 g/mol. The first-order chi connectivity index (χ1) is 13.8. The Morgan fingerprint density at radius 1 is 0.897 bits per heavy atom. The van der Waals surface area contributed by atoms with Crippen LogP contribution in [-0.4, -0.2) is 101 Å². The summed E-state index contributed by atoms with van der Waals surface area (Å²) in [5, 5.41) is 7.17. The molecular weight excluding hydrogens is 481 g/mol. The number of halogens is 1. The van der Waals surface area contributed by atoms with Crippen LogP contribution < -0.4 is 10.6 Å². The second kappa shape index (κ2) is 14.0. The third kappa shape index (κ3) is 8.12. The maximum atomic E-state index is 5.59. The number of hydrogen-bond acceptors (Lipinski definition) is 5. The Balaban J connectivity index is 0.00000300. The number of guanidine groups is 1. The normalized spacial score (nSPS) is 24.0. The van der Waals surface area contributed by atoms with E-state index in [9.17, 15) is 0 Å². The molecular formula is C21H42IN5O2. The lowest BCUT2D eigenvalue weighted by molar-refractivity contribution is -0.0352. The van der Waals surface area contributed by atoms with E-state index in [1.54, 1.807) is 0 Å². The highest BCUT2D eigenvalue weighted by Crippen LogP contribution is 2.33. The third-order valence-electron chi connectivity index (χ3n) is 6.57. The Bertz CT molecular complexity index is 462. The Morgan fingerprint density at radius 3 is 2.21 bits per heavy atom. The summed E-state index contributed by atoms with van der Waals surface area (Å²) in [5.74, 6) is 0.949. The van der Waals surface area contributed by atoms with Gasteiger partial charge in [-0.15, -0.1) is 24.0 Å². The highest BCUT2D eigenvalue weighted by Gasteiger charge is 2.38. The predicted molar refractivity (Wildman–Crippen MR) is 129 cm³/mol. The van der Waals surface area contributed by atoms with Gasteiger partial charge in [0.2, 0.25) is 0 Å². The molecule has 0 atom stereocenters. The van der Waals surface area contributed by atoms with E-state index in [1.807, 2.05) is 7.05 Å². The molecule has 2 aliphatic heterocycles. The lowest BCUT2D eigenvalue weighted by atomic mass is 9.80. The van der Waals surface area contributed by atoms with Gasteiger partial charge in [-0.25, -0.2) is 0 Å². The van der Waals surface area contributed by atoms with Crippen molar-refractivity contribution in [1.29, 1.82) is 0 Å². The standard InChI is InChI=1S/C21H41N5O2.HI/c1-22-20(23-9-5-6-10-25-11-15-27-16-12-25)24-19-21(7-3-2-4-8-21)26-13-17-28-18-14-26;/h2-19H2,1H3,(H2,22,23,24);1H. The molecule has 1 aliphatic carbocycles. The summed E-state index contributed by atoms with van der Waals surface area (Å²) < 4.78 is 11.0. The van der Waals surface area contributed by atoms with E-state index in [1.165, 1.54) is 51.5 Å². The molecule has 0 spiro atoms. The first-order valence-corrected chi connectivity index (χ1v) is 11.4. The molecule has 0 aromatic carbocycles. The molecule has 0 bridgehead atoms. The number of unbranched alkanes of at least 4 members (excludes halogenated alkanes) is 1. The fourth-order valence-electron chi connectivity index (χ4n) is 4.81. The molecule has 0 aromatic rings. The van der Waals surface area contributed by atoms with Gasteiger partial charge in [-0.2, -0.15) is 0 Å². The molecule has 1 saturated carbocycles. The molecule has 0 aromatic heterocycles. The Kier molecular flexibility index (Phi) is 12.1. The van der Waals surface area contributed by atoms with E-state index in [0.29, 0.717) is 0 Å². The van der Waals surface area contributed by atoms with Gasteiger partial charge in [0.25, 0.3) is 0 Å². The van der Waals surface area contributed by atoms with Gasteiger partial charge in [0.15, 0.2) is 5.96 Å². The topological polar surface area (TPSA) is 61.4 Å². The summed E-state index contributed by atoms with van der Waals surface area (Å²) in [6, 6.07) is 0. The molecule has 3 fully saturated rings. The molecule has 170 valence electrons. The Morgan fingerprint density at radius 2 is 1.55 bits per heavy atom. The van der Waals surface area contributed by atoms with Crippen LogP contribution in [0.2, 0.25) is 0 Å². The Labute approximate surface area is 194 Å². The molecule has 0 radical (unpaired) electrons. The first kappa shape index (κ1) is 25.1. The van der Waals surface area contributed by atoms with Crippen molar-refractivity contribution in [3.8, 4) is 0 Å². The van der Waals surface area contributed by atoms with Gasteiger partial charge in [-0.05, 0) is 32.2 Å². The lowest BCUT2D eigenvalue weighted by Gasteiger charge is -2.48. The molecule has 0 unspecified atom stereocenters. The SMILES string of the molecule is CN=C(NCCCCN1CCOCC1)NCC1(N2CCOCC2)CCCCC1.I. The molecule has 3 rings (SSSR count). The second-order valence-electron chi connectivity index (χ2n) is 8.40. The van der Waals surface area contributed by atoms with Gasteiger partial charge in [0, 0.05) is 51.9 Å². The average Bonchev–Trinajstić information content (AvgIpc) is 2.77. The van der Waals surface area contributed by atoms with E-state index in [4.69, 9.17) is 9.47 Å². The van der Waals surface area contributed by atoms with Crippen LogP contribution in [0.15, 0.2) is 4.99 Å². The monoisotopic (exact) mass is 523 g/mol. The smallest absolute Gasteiger partial charge is 0.191 e. The molecule has 7 nitrogen and oxygen atoms in total. The van der Waals surface area contributed by atoms with Gasteiger partial charge in [0.05, 0.1) is 26.4 Å². The van der Waals surface area contributed by atoms with Gasteiger partial charge >= 0.3 is 0 Å². The van der Waals surface area contributed by atoms with E-state index in [0.717, 1.165) is 71.7 Å². The number of hydrogen-bond donors (Lipinski definition) is 2. The maximum Gasteiger partial charge on any atom is 0.191 e. The van der Waals surface area contributed by atoms with E-state index >= 15 is 0 Å². The molecule has 3 aliphatic rings. The number of aliphatic imine (C=N–C) groups is 1. The van der Waals surface area contributed by atoms with Crippen molar-refractivity contribution in [3.63, 3.8) is 0 Å². The number of ether oxygens (including phenoxy) is 2. The minimum absolute atomic E-state index is 0. The quantitative estimate of drug-likeness (QED) is 0.220. The number of rotatable bonds is 8. The first-order valence-electron chi connectivity index (χ1n) is 11.4. The summed E-state index contributed by atoms with van der Waals surface area (Å²) >= 11 is 0. The van der Waals surface area contributed by atoms with Crippen molar-refractivity contribution >= 4 is 29.9 Å². The summed E-state index contributed by atoms with van der Waals surface area (Å²) in [6.07, 6.45) is 9.03. The van der Waals surface area contributed by atoms with Crippen molar-refractivity contribution in [3.05, 3.63) is 0 Å². The fourth-order valence-corrected chi connectivity index (χ4v) is 4.81. The molecule has 0 amide bonds. The van der Waals surface area contributed by atoms with Crippen LogP contribution in [0.4, 0.5) is 0 Å². The number of morpholine rings is 2. The molecule has 2 saturated heterocycles. The third-order valence-corrected chi connectivity index (χ3v) is 6.57. The molecule has 29 heavy (non-hydrogen) atoms. The minimum Gasteiger partial charge on any atom is -0.379 e. The van der Waals surface area contributed by atoms with Crippen LogP contribution in [0.25, 0.3) is 0 Å². The van der Waals surface area contributed by atoms with Crippen LogP contribution in [-0.2, 0) is 9.47 Å². The van der Waals surface area contributed by atoms with Gasteiger partial charge < -0.3 is 20.1 Å². The van der Waals surface area contributed by atoms with Crippen LogP contribution >= 0.6 is 24.0 Å². The van der Waals surface area contributed by atoms with Crippen molar-refractivity contribution < 1.29 is 9.47 Å². The number of nitrogens with zero attached hydrogens (tertiary/aromatic N) is 3. The van der Waals surface area contributed by atoms with Crippen LogP contribution in [0.1, 0.15) is 44.9 Å². The van der Waals surface area contributed by atoms with Gasteiger partial charge in [-0.3, -0.25) is 14.8 Å². The zero-order valence-corrected chi connectivity index (χ0v) is 20.6. The second-order valence-corrected chi connectivity index (χ2v) is 8.40. The highest BCUT2D eigenvalue weighted by molar-refractivity contribution is 14.0. The van der Waals surface area contributed by atoms with E-state index < -0.39 is 0 Å². The molecule has 2 N–H and O–H groups in total. The zero-order chi connectivity index (χ0) is 19.5. The fraction of sp³-hybridized carbons (Fsp3) is 0.952. The van der Waals surface area contributed by atoms with Crippen molar-refractivity contribution in [2.24, 2.45) is 4.99 Å². The lowest BCUT2D eigenvalue weighted by Crippen LogP contribution is -2.60. The van der Waals surface area contributed by atoms with E-state index in [-0.39, 0.29) is 29.5 Å². The van der Waals surface area contributed by atoms with Crippen LogP contribution in [0.5, 0.6) is 0 Å². The van der Waals surface area contributed by atoms with Crippen molar-refractivity contribution in [2.75, 3.05) is 79.3 Å². The minimum atomic E-state index is 0. The van der Waals surface area contributed by atoms with Gasteiger partial charge in [0.1, 0.15) is 0 Å². The molecule has 8 heteroatoms. The van der Waals surface area contributed by atoms with Crippen LogP contribution in [0.3, 0.4) is 0 Å². The van der Waals surface area contributed by atoms with Crippen molar-refractivity contribution in [2.45, 2.75) is 50.5 Å². The maximum absolute atomic E-state index is 5.59. The zero-order valence-electron chi connectivity index (χ0n) is 18.3. The summed E-state index contributed by atoms with van der Waals surface area (Å²) in [4.78, 5) is 9.64. The molecule has 2 heterocycles. The Hall–Kier alpha value is -0.160. The number of nitrogens with one attached hydrogen (secondary N) is 2. The highest BCUT2D eigenvalue weighted by atomic mass is 127. The summed E-state index contributed by atoms with van der Waals surface area (Å²) in [7, 11) is 1.88. The van der Waals surface area contributed by atoms with Gasteiger partial charge in [-0.1, -0.05) is 19.3 Å². The predicted octanol–water partition coefficient (Wildman–Crippen LogP) is 1.92. The summed E-state index contributed by atoms with van der Waals surface area (Å²) in [6.45, 7) is 11.0. The van der Waals surface area contributed by atoms with Crippen molar-refractivity contribution in [1.82, 2.24) is 20.4 Å². The summed E-state index contributed by atoms with van der Waals surface area (Å²) in [5.41, 5.74) is 0.274. The van der Waals surface area contributed by atoms with E-state index in [2.05, 4.69) is 25.4 Å². The largest absolute Gasteiger partial charge is 0.379 e. The van der Waals surface area contributed by atoms with Crippen LogP contribution in [0, 0.1) is 0 Å².